The molecule has 0 radical (unpaired) electrons. The highest BCUT2D eigenvalue weighted by Crippen LogP contribution is 2.32. The van der Waals surface area contributed by atoms with E-state index in [1.165, 1.54) is 23.9 Å². The zero-order valence-corrected chi connectivity index (χ0v) is 15.6. The molecule has 0 unspecified atom stereocenters. The maximum atomic E-state index is 12.2. The Kier molecular flexibility index (Phi) is 5.25. The second-order valence-corrected chi connectivity index (χ2v) is 7.19. The van der Waals surface area contributed by atoms with Gasteiger partial charge in [-0.2, -0.15) is 0 Å². The molecule has 4 nitrogen and oxygen atoms in total. The number of nitrogens with one attached hydrogen (secondary N) is 1. The molecule has 1 heterocycles. The van der Waals surface area contributed by atoms with Crippen molar-refractivity contribution in [2.45, 2.75) is 5.16 Å². The number of imidazole rings is 1. The first-order chi connectivity index (χ1) is 11.5. The fourth-order valence-electron chi connectivity index (χ4n) is 2.19. The molecule has 0 saturated carbocycles. The van der Waals surface area contributed by atoms with E-state index in [-0.39, 0.29) is 11.7 Å². The quantitative estimate of drug-likeness (QED) is 0.480. The number of amides is 1. The van der Waals surface area contributed by atoms with Crippen LogP contribution in [0.5, 0.6) is 0 Å². The van der Waals surface area contributed by atoms with Gasteiger partial charge in [0.05, 0.1) is 37.5 Å². The Hall–Kier alpha value is -1.40. The van der Waals surface area contributed by atoms with Crippen LogP contribution in [0.25, 0.3) is 11.0 Å². The number of aryl methyl sites for hydroxylation is 1. The van der Waals surface area contributed by atoms with Crippen LogP contribution in [0.4, 0.5) is 5.69 Å². The van der Waals surface area contributed by atoms with E-state index in [1.807, 2.05) is 35.9 Å². The van der Waals surface area contributed by atoms with Crippen molar-refractivity contribution in [1.29, 1.82) is 0 Å². The third kappa shape index (κ3) is 3.64. The molecule has 1 amide bonds. The molecular formula is C16H12Cl3N3OS. The summed E-state index contributed by atoms with van der Waals surface area (Å²) in [7, 11) is 1.92. The van der Waals surface area contributed by atoms with E-state index in [0.29, 0.717) is 20.8 Å². The van der Waals surface area contributed by atoms with Gasteiger partial charge in [0.1, 0.15) is 0 Å². The Bertz CT molecular complexity index is 926. The number of anilines is 1. The van der Waals surface area contributed by atoms with Crippen molar-refractivity contribution in [3.63, 3.8) is 0 Å². The van der Waals surface area contributed by atoms with Crippen LogP contribution in [0, 0.1) is 0 Å². The van der Waals surface area contributed by atoms with Crippen LogP contribution in [0.3, 0.4) is 0 Å². The SMILES string of the molecule is Cn1c(SCC(=O)Nc2cc(Cl)c(Cl)cc2Cl)nc2ccccc21. The average Bonchev–Trinajstić information content (AvgIpc) is 2.87. The van der Waals surface area contributed by atoms with Gasteiger partial charge in [-0.3, -0.25) is 4.79 Å². The molecule has 3 rings (SSSR count). The minimum absolute atomic E-state index is 0.202. The molecule has 0 spiro atoms. The molecule has 0 atom stereocenters. The van der Waals surface area contributed by atoms with E-state index in [4.69, 9.17) is 34.8 Å². The van der Waals surface area contributed by atoms with E-state index in [0.717, 1.165) is 16.2 Å². The predicted molar refractivity (Wildman–Crippen MR) is 102 cm³/mol. The minimum atomic E-state index is -0.202. The Labute approximate surface area is 158 Å². The highest BCUT2D eigenvalue weighted by molar-refractivity contribution is 7.99. The first kappa shape index (κ1) is 17.4. The number of hydrogen-bond donors (Lipinski definition) is 1. The van der Waals surface area contributed by atoms with E-state index in [2.05, 4.69) is 10.3 Å². The number of hydrogen-bond acceptors (Lipinski definition) is 3. The Morgan fingerprint density at radius 1 is 1.17 bits per heavy atom. The van der Waals surface area contributed by atoms with Crippen molar-refractivity contribution in [3.05, 3.63) is 51.5 Å². The van der Waals surface area contributed by atoms with Crippen molar-refractivity contribution < 1.29 is 4.79 Å². The number of thioether (sulfide) groups is 1. The molecule has 1 N–H and O–H groups in total. The summed E-state index contributed by atoms with van der Waals surface area (Å²) >= 11 is 19.2. The number of halogens is 3. The molecule has 0 aliphatic rings. The van der Waals surface area contributed by atoms with Crippen molar-refractivity contribution in [1.82, 2.24) is 9.55 Å². The zero-order valence-electron chi connectivity index (χ0n) is 12.5. The van der Waals surface area contributed by atoms with Crippen molar-refractivity contribution in [3.8, 4) is 0 Å². The molecule has 0 fully saturated rings. The molecule has 124 valence electrons. The summed E-state index contributed by atoms with van der Waals surface area (Å²) in [5, 5.41) is 4.51. The normalized spacial score (nSPS) is 11.0. The van der Waals surface area contributed by atoms with Crippen molar-refractivity contribution in [2.75, 3.05) is 11.1 Å². The topological polar surface area (TPSA) is 46.9 Å². The van der Waals surface area contributed by atoms with E-state index >= 15 is 0 Å². The van der Waals surface area contributed by atoms with Crippen molar-refractivity contribution in [2.24, 2.45) is 7.05 Å². The molecule has 3 aromatic rings. The van der Waals surface area contributed by atoms with Gasteiger partial charge in [0.15, 0.2) is 5.16 Å². The number of rotatable bonds is 4. The van der Waals surface area contributed by atoms with Crippen LogP contribution in [0.1, 0.15) is 0 Å². The van der Waals surface area contributed by atoms with Crippen LogP contribution < -0.4 is 5.32 Å². The summed E-state index contributed by atoms with van der Waals surface area (Å²) in [5.41, 5.74) is 2.35. The maximum Gasteiger partial charge on any atom is 0.234 e. The number of carbonyl (C=O) groups excluding carboxylic acids is 1. The van der Waals surface area contributed by atoms with Gasteiger partial charge in [0, 0.05) is 7.05 Å². The van der Waals surface area contributed by atoms with Crippen molar-refractivity contribution >= 4 is 69.2 Å². The lowest BCUT2D eigenvalue weighted by Gasteiger charge is -2.08. The fourth-order valence-corrected chi connectivity index (χ4v) is 3.57. The van der Waals surface area contributed by atoms with Gasteiger partial charge in [0.25, 0.3) is 0 Å². The van der Waals surface area contributed by atoms with Crippen LogP contribution >= 0.6 is 46.6 Å². The molecule has 2 aromatic carbocycles. The first-order valence-electron chi connectivity index (χ1n) is 6.94. The zero-order chi connectivity index (χ0) is 17.3. The minimum Gasteiger partial charge on any atom is -0.324 e. The van der Waals surface area contributed by atoms with Gasteiger partial charge in [-0.25, -0.2) is 4.98 Å². The third-order valence-electron chi connectivity index (χ3n) is 3.36. The Morgan fingerprint density at radius 2 is 1.88 bits per heavy atom. The van der Waals surface area contributed by atoms with Gasteiger partial charge in [-0.05, 0) is 24.3 Å². The number of nitrogens with zero attached hydrogens (tertiary/aromatic N) is 2. The maximum absolute atomic E-state index is 12.2. The van der Waals surface area contributed by atoms with Gasteiger partial charge < -0.3 is 9.88 Å². The fraction of sp³-hybridized carbons (Fsp3) is 0.125. The standard InChI is InChI=1S/C16H12Cl3N3OS/c1-22-14-5-3-2-4-12(14)21-16(22)24-8-15(23)20-13-7-10(18)9(17)6-11(13)19/h2-7H,8H2,1H3,(H,20,23). The summed E-state index contributed by atoms with van der Waals surface area (Å²) in [4.78, 5) is 16.7. The molecular weight excluding hydrogens is 389 g/mol. The van der Waals surface area contributed by atoms with E-state index in [9.17, 15) is 4.79 Å². The third-order valence-corrected chi connectivity index (χ3v) is 5.43. The second-order valence-electron chi connectivity index (χ2n) is 5.03. The molecule has 0 aliphatic carbocycles. The number of aromatic nitrogens is 2. The highest BCUT2D eigenvalue weighted by atomic mass is 35.5. The molecule has 0 aliphatic heterocycles. The van der Waals surface area contributed by atoms with Gasteiger partial charge in [-0.15, -0.1) is 0 Å². The van der Waals surface area contributed by atoms with Crippen LogP contribution in [-0.4, -0.2) is 21.2 Å². The Balaban J connectivity index is 1.69. The summed E-state index contributed by atoms with van der Waals surface area (Å²) < 4.78 is 1.96. The smallest absolute Gasteiger partial charge is 0.234 e. The van der Waals surface area contributed by atoms with E-state index in [1.54, 1.807) is 0 Å². The number of carbonyl (C=O) groups is 1. The lowest BCUT2D eigenvalue weighted by atomic mass is 10.3. The molecule has 0 bridgehead atoms. The Morgan fingerprint density at radius 3 is 2.62 bits per heavy atom. The monoisotopic (exact) mass is 399 g/mol. The lowest BCUT2D eigenvalue weighted by Crippen LogP contribution is -2.14. The number of fused-ring (bicyclic) bond motifs is 1. The number of benzene rings is 2. The van der Waals surface area contributed by atoms with Gasteiger partial charge in [-0.1, -0.05) is 58.7 Å². The van der Waals surface area contributed by atoms with Crippen LogP contribution in [-0.2, 0) is 11.8 Å². The van der Waals surface area contributed by atoms with E-state index < -0.39 is 0 Å². The second kappa shape index (κ2) is 7.23. The summed E-state index contributed by atoms with van der Waals surface area (Å²) in [6.45, 7) is 0. The summed E-state index contributed by atoms with van der Waals surface area (Å²) in [6, 6.07) is 10.8. The molecule has 1 aromatic heterocycles. The highest BCUT2D eigenvalue weighted by Gasteiger charge is 2.12. The van der Waals surface area contributed by atoms with Crippen LogP contribution in [0.15, 0.2) is 41.6 Å². The molecule has 24 heavy (non-hydrogen) atoms. The summed E-state index contributed by atoms with van der Waals surface area (Å²) in [6.07, 6.45) is 0. The van der Waals surface area contributed by atoms with Gasteiger partial charge >= 0.3 is 0 Å². The summed E-state index contributed by atoms with van der Waals surface area (Å²) in [5.74, 6) is 0.000587. The largest absolute Gasteiger partial charge is 0.324 e. The lowest BCUT2D eigenvalue weighted by molar-refractivity contribution is -0.113. The van der Waals surface area contributed by atoms with Gasteiger partial charge in [0.2, 0.25) is 5.91 Å². The molecule has 0 saturated heterocycles. The average molecular weight is 401 g/mol. The first-order valence-corrected chi connectivity index (χ1v) is 9.06. The van der Waals surface area contributed by atoms with Crippen LogP contribution in [0.2, 0.25) is 15.1 Å². The predicted octanol–water partition coefficient (Wildman–Crippen LogP) is 5.26. The molecule has 8 heteroatoms. The number of para-hydroxylation sites is 2.